The number of esters is 1. The Balaban J connectivity index is 1.52. The summed E-state index contributed by atoms with van der Waals surface area (Å²) in [5.41, 5.74) is 2.84. The molecular weight excluding hydrogens is 432 g/mol. The third-order valence-corrected chi connectivity index (χ3v) is 13.3. The lowest BCUT2D eigenvalue weighted by molar-refractivity contribution is -0.234. The molecule has 0 bridgehead atoms. The Morgan fingerprint density at radius 3 is 2.20 bits per heavy atom. The second-order valence-electron chi connectivity index (χ2n) is 15.6. The lowest BCUT2D eigenvalue weighted by Crippen LogP contribution is -2.66. The van der Waals surface area contributed by atoms with Crippen LogP contribution in [0.3, 0.4) is 0 Å². The summed E-state index contributed by atoms with van der Waals surface area (Å²) < 4.78 is 5.90. The summed E-state index contributed by atoms with van der Waals surface area (Å²) in [6, 6.07) is 0. The molecule has 0 amide bonds. The van der Waals surface area contributed by atoms with E-state index >= 15 is 0 Å². The van der Waals surface area contributed by atoms with Crippen LogP contribution in [-0.2, 0) is 9.53 Å². The van der Waals surface area contributed by atoms with Crippen molar-refractivity contribution < 1.29 is 14.6 Å². The molecule has 5 rings (SSSR count). The van der Waals surface area contributed by atoms with E-state index in [2.05, 4.69) is 54.5 Å². The molecule has 0 heterocycles. The van der Waals surface area contributed by atoms with Gasteiger partial charge < -0.3 is 9.84 Å². The third-order valence-electron chi connectivity index (χ3n) is 13.3. The maximum absolute atomic E-state index is 11.9. The standard InChI is InChI=1S/C32H52O3/c1-21(34)35-26-12-13-29(6)24(28(26,4)5)11-14-31(8)25(29)10-9-22-23-19-27(2,3)15-17-32(23,20-33)18-16-30(22,31)7/h19,22,24-26,33H,9-18,20H2,1-8H3. The molecule has 0 aromatic heterocycles. The van der Waals surface area contributed by atoms with Crippen molar-refractivity contribution in [2.75, 3.05) is 6.61 Å². The van der Waals surface area contributed by atoms with Crippen molar-refractivity contribution in [1.29, 1.82) is 0 Å². The number of fused-ring (bicyclic) bond motifs is 7. The Morgan fingerprint density at radius 2 is 1.54 bits per heavy atom. The first kappa shape index (κ1) is 25.8. The van der Waals surface area contributed by atoms with Crippen LogP contribution in [0.5, 0.6) is 0 Å². The number of allylic oxidation sites excluding steroid dienone is 1. The second kappa shape index (κ2) is 7.84. The number of rotatable bonds is 2. The van der Waals surface area contributed by atoms with Gasteiger partial charge in [0, 0.05) is 17.8 Å². The zero-order valence-electron chi connectivity index (χ0n) is 23.9. The highest BCUT2D eigenvalue weighted by molar-refractivity contribution is 5.66. The average Bonchev–Trinajstić information content (AvgIpc) is 2.76. The molecule has 4 saturated carbocycles. The first-order valence-electron chi connectivity index (χ1n) is 14.7. The first-order chi connectivity index (χ1) is 16.2. The summed E-state index contributed by atoms with van der Waals surface area (Å²) in [5, 5.41) is 10.7. The first-order valence-corrected chi connectivity index (χ1v) is 14.7. The molecule has 198 valence electrons. The summed E-state index contributed by atoms with van der Waals surface area (Å²) >= 11 is 0. The molecule has 0 spiro atoms. The minimum absolute atomic E-state index is 0.0201. The molecule has 3 heteroatoms. The Bertz CT molecular complexity index is 916. The van der Waals surface area contributed by atoms with Gasteiger partial charge in [0.15, 0.2) is 0 Å². The second-order valence-corrected chi connectivity index (χ2v) is 15.6. The van der Waals surface area contributed by atoms with Gasteiger partial charge in [0.25, 0.3) is 0 Å². The van der Waals surface area contributed by atoms with Gasteiger partial charge in [-0.1, -0.05) is 60.1 Å². The van der Waals surface area contributed by atoms with Crippen LogP contribution in [0.1, 0.15) is 120 Å². The topological polar surface area (TPSA) is 46.5 Å². The molecule has 0 radical (unpaired) electrons. The number of hydrogen-bond donors (Lipinski definition) is 1. The summed E-state index contributed by atoms with van der Waals surface area (Å²) in [6.07, 6.45) is 14.7. The monoisotopic (exact) mass is 484 g/mol. The zero-order valence-corrected chi connectivity index (χ0v) is 23.9. The van der Waals surface area contributed by atoms with Gasteiger partial charge in [0.2, 0.25) is 0 Å². The number of aliphatic hydroxyl groups excluding tert-OH is 1. The van der Waals surface area contributed by atoms with E-state index in [4.69, 9.17) is 4.74 Å². The molecule has 5 aliphatic rings. The number of aliphatic hydroxyl groups is 1. The fourth-order valence-corrected chi connectivity index (χ4v) is 11.1. The molecule has 4 fully saturated rings. The minimum atomic E-state index is -0.126. The van der Waals surface area contributed by atoms with Crippen molar-refractivity contribution in [3.8, 4) is 0 Å². The van der Waals surface area contributed by atoms with E-state index in [0.29, 0.717) is 40.6 Å². The van der Waals surface area contributed by atoms with Crippen molar-refractivity contribution in [1.82, 2.24) is 0 Å². The molecular formula is C32H52O3. The van der Waals surface area contributed by atoms with Crippen molar-refractivity contribution in [2.45, 2.75) is 126 Å². The summed E-state index contributed by atoms with van der Waals surface area (Å²) in [5.74, 6) is 1.79. The highest BCUT2D eigenvalue weighted by Crippen LogP contribution is 2.76. The number of carbonyl (C=O) groups excluding carboxylic acids is 1. The van der Waals surface area contributed by atoms with Crippen LogP contribution in [0, 0.1) is 50.2 Å². The average molecular weight is 485 g/mol. The SMILES string of the molecule is CC(=O)OC1CCC2(C)C(CCC3(C)C2CCC2C4=CC(C)(C)CCC4(CO)CCC23C)C1(C)C. The van der Waals surface area contributed by atoms with Crippen molar-refractivity contribution in [3.05, 3.63) is 11.6 Å². The molecule has 35 heavy (non-hydrogen) atoms. The molecule has 0 aliphatic heterocycles. The van der Waals surface area contributed by atoms with Gasteiger partial charge in [-0.15, -0.1) is 0 Å². The molecule has 3 nitrogen and oxygen atoms in total. The summed E-state index contributed by atoms with van der Waals surface area (Å²) in [7, 11) is 0. The van der Waals surface area contributed by atoms with E-state index in [1.165, 1.54) is 44.9 Å². The van der Waals surface area contributed by atoms with Crippen LogP contribution in [-0.4, -0.2) is 23.8 Å². The van der Waals surface area contributed by atoms with Crippen molar-refractivity contribution >= 4 is 5.97 Å². The van der Waals surface area contributed by atoms with E-state index in [1.807, 2.05) is 0 Å². The zero-order chi connectivity index (χ0) is 25.7. The number of carbonyl (C=O) groups is 1. The van der Waals surface area contributed by atoms with Gasteiger partial charge in [-0.3, -0.25) is 4.79 Å². The molecule has 5 aliphatic carbocycles. The Kier molecular flexibility index (Phi) is 5.78. The van der Waals surface area contributed by atoms with Gasteiger partial charge in [0.05, 0.1) is 6.61 Å². The minimum Gasteiger partial charge on any atom is -0.462 e. The predicted octanol–water partition coefficient (Wildman–Crippen LogP) is 7.71. The Labute approximate surface area is 214 Å². The van der Waals surface area contributed by atoms with Gasteiger partial charge in [-0.05, 0) is 104 Å². The number of hydrogen-bond acceptors (Lipinski definition) is 3. The van der Waals surface area contributed by atoms with E-state index in [-0.39, 0.29) is 28.3 Å². The fraction of sp³-hybridized carbons (Fsp3) is 0.906. The lowest BCUT2D eigenvalue weighted by Gasteiger charge is -2.72. The maximum Gasteiger partial charge on any atom is 0.302 e. The molecule has 1 N–H and O–H groups in total. The van der Waals surface area contributed by atoms with Crippen LogP contribution >= 0.6 is 0 Å². The molecule has 8 unspecified atom stereocenters. The van der Waals surface area contributed by atoms with E-state index in [0.717, 1.165) is 19.3 Å². The van der Waals surface area contributed by atoms with Crippen LogP contribution < -0.4 is 0 Å². The van der Waals surface area contributed by atoms with Gasteiger partial charge in [-0.25, -0.2) is 0 Å². The summed E-state index contributed by atoms with van der Waals surface area (Å²) in [4.78, 5) is 11.9. The number of ether oxygens (including phenoxy) is 1. The highest BCUT2D eigenvalue weighted by Gasteiger charge is 2.69. The van der Waals surface area contributed by atoms with Crippen molar-refractivity contribution in [3.63, 3.8) is 0 Å². The smallest absolute Gasteiger partial charge is 0.302 e. The molecule has 8 atom stereocenters. The van der Waals surface area contributed by atoms with Gasteiger partial charge in [0.1, 0.15) is 6.10 Å². The van der Waals surface area contributed by atoms with Gasteiger partial charge in [-0.2, -0.15) is 0 Å². The highest BCUT2D eigenvalue weighted by atomic mass is 16.5. The molecule has 0 aromatic carbocycles. The Morgan fingerprint density at radius 1 is 0.857 bits per heavy atom. The van der Waals surface area contributed by atoms with Crippen LogP contribution in [0.25, 0.3) is 0 Å². The fourth-order valence-electron chi connectivity index (χ4n) is 11.1. The van der Waals surface area contributed by atoms with Gasteiger partial charge >= 0.3 is 5.97 Å². The van der Waals surface area contributed by atoms with Crippen LogP contribution in [0.4, 0.5) is 0 Å². The molecule has 0 saturated heterocycles. The van der Waals surface area contributed by atoms with E-state index < -0.39 is 0 Å². The lowest BCUT2D eigenvalue weighted by atomic mass is 9.32. The Hall–Kier alpha value is -0.830. The quantitative estimate of drug-likeness (QED) is 0.322. The third kappa shape index (κ3) is 3.41. The normalized spacial score (nSPS) is 50.0. The molecule has 0 aromatic rings. The maximum atomic E-state index is 11.9. The van der Waals surface area contributed by atoms with Crippen LogP contribution in [0.15, 0.2) is 11.6 Å². The van der Waals surface area contributed by atoms with E-state index in [9.17, 15) is 9.90 Å². The largest absolute Gasteiger partial charge is 0.462 e. The van der Waals surface area contributed by atoms with Crippen molar-refractivity contribution in [2.24, 2.45) is 50.2 Å². The predicted molar refractivity (Wildman–Crippen MR) is 142 cm³/mol. The van der Waals surface area contributed by atoms with Crippen LogP contribution in [0.2, 0.25) is 0 Å². The summed E-state index contributed by atoms with van der Waals surface area (Å²) in [6.45, 7) is 19.4. The van der Waals surface area contributed by atoms with E-state index in [1.54, 1.807) is 12.5 Å².